The molecule has 0 radical (unpaired) electrons. The van der Waals surface area contributed by atoms with E-state index in [0.717, 1.165) is 0 Å². The van der Waals surface area contributed by atoms with E-state index in [1.807, 2.05) is 13.8 Å². The van der Waals surface area contributed by atoms with E-state index in [4.69, 9.17) is 0 Å². The zero-order valence-corrected chi connectivity index (χ0v) is 9.39. The molecule has 0 rings (SSSR count). The number of hydrogen-bond donors (Lipinski definition) is 3. The number of urea groups is 1. The van der Waals surface area contributed by atoms with Crippen molar-refractivity contribution in [2.45, 2.75) is 39.3 Å². The highest BCUT2D eigenvalue weighted by Gasteiger charge is 2.28. The van der Waals surface area contributed by atoms with Gasteiger partial charge in [0.15, 0.2) is 0 Å². The fourth-order valence-corrected chi connectivity index (χ4v) is 0.951. The van der Waals surface area contributed by atoms with Crippen molar-refractivity contribution in [1.82, 2.24) is 16.0 Å². The summed E-state index contributed by atoms with van der Waals surface area (Å²) in [6.45, 7) is 7.00. The Morgan fingerprint density at radius 3 is 2.07 bits per heavy atom. The molecule has 0 heterocycles. The molecule has 0 saturated carbocycles. The highest BCUT2D eigenvalue weighted by molar-refractivity contribution is 5.90. The summed E-state index contributed by atoms with van der Waals surface area (Å²) in [7, 11) is 1.53. The van der Waals surface area contributed by atoms with Crippen LogP contribution in [0.2, 0.25) is 0 Å². The van der Waals surface area contributed by atoms with E-state index in [0.29, 0.717) is 0 Å². The maximum absolute atomic E-state index is 11.3. The molecule has 0 aromatic carbocycles. The number of carbonyl (C=O) groups excluding carboxylic acids is 2. The highest BCUT2D eigenvalue weighted by Crippen LogP contribution is 2.01. The van der Waals surface area contributed by atoms with Crippen molar-refractivity contribution in [1.29, 1.82) is 0 Å². The summed E-state index contributed by atoms with van der Waals surface area (Å²) in [5.41, 5.74) is -0.895. The molecule has 0 unspecified atom stereocenters. The lowest BCUT2D eigenvalue weighted by atomic mass is 10.1. The quantitative estimate of drug-likeness (QED) is 0.611. The summed E-state index contributed by atoms with van der Waals surface area (Å²) in [5, 5.41) is 7.71. The first kappa shape index (κ1) is 12.7. The summed E-state index contributed by atoms with van der Waals surface area (Å²) < 4.78 is 0. The molecule has 0 spiro atoms. The van der Waals surface area contributed by atoms with Crippen molar-refractivity contribution < 1.29 is 9.59 Å². The van der Waals surface area contributed by atoms with Gasteiger partial charge in [0.1, 0.15) is 5.54 Å². The average molecular weight is 201 g/mol. The van der Waals surface area contributed by atoms with Gasteiger partial charge in [0, 0.05) is 13.1 Å². The van der Waals surface area contributed by atoms with Crippen LogP contribution < -0.4 is 16.0 Å². The molecule has 0 aromatic rings. The molecule has 0 bridgehead atoms. The van der Waals surface area contributed by atoms with E-state index in [-0.39, 0.29) is 18.0 Å². The van der Waals surface area contributed by atoms with Crippen molar-refractivity contribution in [3.05, 3.63) is 0 Å². The van der Waals surface area contributed by atoms with Crippen LogP contribution in [0.4, 0.5) is 4.79 Å². The van der Waals surface area contributed by atoms with Crippen LogP contribution in [0.15, 0.2) is 0 Å². The molecule has 5 nitrogen and oxygen atoms in total. The number of likely N-dealkylation sites (N-methyl/N-ethyl adjacent to an activating group) is 1. The van der Waals surface area contributed by atoms with Crippen molar-refractivity contribution in [3.8, 4) is 0 Å². The number of amides is 3. The Bertz CT molecular complexity index is 224. The van der Waals surface area contributed by atoms with Crippen molar-refractivity contribution in [3.63, 3.8) is 0 Å². The lowest BCUT2D eigenvalue weighted by Gasteiger charge is -2.24. The molecule has 82 valence electrons. The molecular formula is C9H19N3O2. The molecule has 0 aliphatic carbocycles. The normalized spacial score (nSPS) is 11.0. The zero-order valence-electron chi connectivity index (χ0n) is 9.39. The van der Waals surface area contributed by atoms with E-state index >= 15 is 0 Å². The first-order chi connectivity index (χ1) is 6.29. The Balaban J connectivity index is 4.22. The molecule has 0 aliphatic rings. The molecular weight excluding hydrogens is 182 g/mol. The van der Waals surface area contributed by atoms with E-state index in [2.05, 4.69) is 16.0 Å². The Kier molecular flexibility index (Phi) is 4.40. The summed E-state index contributed by atoms with van der Waals surface area (Å²) in [6.07, 6.45) is 0. The molecule has 0 aromatic heterocycles. The van der Waals surface area contributed by atoms with Crippen LogP contribution in [0.3, 0.4) is 0 Å². The minimum absolute atomic E-state index is 0.0514. The van der Waals surface area contributed by atoms with Crippen LogP contribution in [0.1, 0.15) is 27.7 Å². The Hall–Kier alpha value is -1.26. The molecule has 0 saturated heterocycles. The largest absolute Gasteiger partial charge is 0.357 e. The van der Waals surface area contributed by atoms with Crippen LogP contribution >= 0.6 is 0 Å². The van der Waals surface area contributed by atoms with Gasteiger partial charge in [0.25, 0.3) is 0 Å². The van der Waals surface area contributed by atoms with Gasteiger partial charge in [-0.1, -0.05) is 0 Å². The van der Waals surface area contributed by atoms with Gasteiger partial charge in [-0.3, -0.25) is 4.79 Å². The standard InChI is InChI=1S/C9H19N3O2/c1-6(2)11-8(14)12-9(3,4)7(13)10-5/h6H,1-5H3,(H,10,13)(H2,11,12,14). The predicted octanol–water partition coefficient (Wildman–Crippen LogP) is 0.219. The van der Waals surface area contributed by atoms with Gasteiger partial charge in [-0.05, 0) is 27.7 Å². The molecule has 0 atom stereocenters. The van der Waals surface area contributed by atoms with Crippen LogP contribution in [-0.2, 0) is 4.79 Å². The number of carbonyl (C=O) groups is 2. The number of rotatable bonds is 3. The minimum Gasteiger partial charge on any atom is -0.357 e. The van der Waals surface area contributed by atoms with Gasteiger partial charge in [0.2, 0.25) is 5.91 Å². The SMILES string of the molecule is CNC(=O)C(C)(C)NC(=O)NC(C)C. The van der Waals surface area contributed by atoms with Gasteiger partial charge in [-0.2, -0.15) is 0 Å². The van der Waals surface area contributed by atoms with Gasteiger partial charge in [0.05, 0.1) is 0 Å². The average Bonchev–Trinajstić information content (AvgIpc) is 1.99. The molecule has 3 N–H and O–H groups in total. The second-order valence-electron chi connectivity index (χ2n) is 3.96. The summed E-state index contributed by atoms with van der Waals surface area (Å²) in [4.78, 5) is 22.6. The van der Waals surface area contributed by atoms with E-state index in [1.54, 1.807) is 13.8 Å². The van der Waals surface area contributed by atoms with Crippen molar-refractivity contribution in [2.75, 3.05) is 7.05 Å². The lowest BCUT2D eigenvalue weighted by Crippen LogP contribution is -2.57. The van der Waals surface area contributed by atoms with E-state index in [9.17, 15) is 9.59 Å². The predicted molar refractivity (Wildman–Crippen MR) is 54.9 cm³/mol. The monoisotopic (exact) mass is 201 g/mol. The van der Waals surface area contributed by atoms with Gasteiger partial charge >= 0.3 is 6.03 Å². The third kappa shape index (κ3) is 4.11. The molecule has 3 amide bonds. The maximum atomic E-state index is 11.3. The van der Waals surface area contributed by atoms with Crippen LogP contribution in [-0.4, -0.2) is 30.6 Å². The first-order valence-electron chi connectivity index (χ1n) is 4.60. The topological polar surface area (TPSA) is 70.2 Å². The Morgan fingerprint density at radius 1 is 1.21 bits per heavy atom. The van der Waals surface area contributed by atoms with Gasteiger partial charge in [-0.25, -0.2) is 4.79 Å². The molecule has 5 heteroatoms. The second kappa shape index (κ2) is 4.83. The number of hydrogen-bond acceptors (Lipinski definition) is 2. The summed E-state index contributed by atoms with van der Waals surface area (Å²) >= 11 is 0. The van der Waals surface area contributed by atoms with Crippen molar-refractivity contribution >= 4 is 11.9 Å². The molecule has 14 heavy (non-hydrogen) atoms. The first-order valence-corrected chi connectivity index (χ1v) is 4.60. The van der Waals surface area contributed by atoms with Crippen LogP contribution in [0.5, 0.6) is 0 Å². The molecule has 0 fully saturated rings. The zero-order chi connectivity index (χ0) is 11.4. The Labute approximate surface area is 84.6 Å². The molecule has 0 aliphatic heterocycles. The lowest BCUT2D eigenvalue weighted by molar-refractivity contribution is -0.125. The number of nitrogens with one attached hydrogen (secondary N) is 3. The van der Waals surface area contributed by atoms with Crippen LogP contribution in [0.25, 0.3) is 0 Å². The van der Waals surface area contributed by atoms with Crippen molar-refractivity contribution in [2.24, 2.45) is 0 Å². The highest BCUT2D eigenvalue weighted by atomic mass is 16.2. The summed E-state index contributed by atoms with van der Waals surface area (Å²) in [5.74, 6) is -0.226. The third-order valence-electron chi connectivity index (χ3n) is 1.64. The van der Waals surface area contributed by atoms with E-state index in [1.165, 1.54) is 7.05 Å². The smallest absolute Gasteiger partial charge is 0.315 e. The Morgan fingerprint density at radius 2 is 1.71 bits per heavy atom. The minimum atomic E-state index is -0.895. The fraction of sp³-hybridized carbons (Fsp3) is 0.778. The van der Waals surface area contributed by atoms with Gasteiger partial charge in [-0.15, -0.1) is 0 Å². The van der Waals surface area contributed by atoms with Crippen LogP contribution in [0, 0.1) is 0 Å². The maximum Gasteiger partial charge on any atom is 0.315 e. The van der Waals surface area contributed by atoms with Gasteiger partial charge < -0.3 is 16.0 Å². The second-order valence-corrected chi connectivity index (χ2v) is 3.96. The fourth-order valence-electron chi connectivity index (χ4n) is 0.951. The third-order valence-corrected chi connectivity index (χ3v) is 1.64. The summed E-state index contributed by atoms with van der Waals surface area (Å²) in [6, 6.07) is -0.288. The van der Waals surface area contributed by atoms with E-state index < -0.39 is 5.54 Å².